The fourth-order valence-corrected chi connectivity index (χ4v) is 1.66. The summed E-state index contributed by atoms with van der Waals surface area (Å²) in [5.74, 6) is 1.64. The summed E-state index contributed by atoms with van der Waals surface area (Å²) in [7, 11) is 0. The van der Waals surface area contributed by atoms with E-state index in [2.05, 4.69) is 26.0 Å². The molecule has 1 saturated carbocycles. The summed E-state index contributed by atoms with van der Waals surface area (Å²) >= 11 is 0. The Morgan fingerprint density at radius 3 is 2.67 bits per heavy atom. The minimum Gasteiger partial charge on any atom is -0.492 e. The maximum absolute atomic E-state index is 5.97. The molecule has 1 aliphatic rings. The molecule has 2 N–H and O–H groups in total. The van der Waals surface area contributed by atoms with E-state index in [1.807, 2.05) is 6.07 Å². The van der Waals surface area contributed by atoms with Gasteiger partial charge in [0.1, 0.15) is 12.4 Å². The van der Waals surface area contributed by atoms with Gasteiger partial charge in [0.2, 0.25) is 0 Å². The number of hydrogen-bond donors (Lipinski definition) is 1. The minimum atomic E-state index is 0.214. The molecule has 2 heteroatoms. The minimum absolute atomic E-state index is 0.214. The van der Waals surface area contributed by atoms with E-state index in [0.29, 0.717) is 12.5 Å². The van der Waals surface area contributed by atoms with Crippen LogP contribution in [0.2, 0.25) is 0 Å². The van der Waals surface area contributed by atoms with Crippen LogP contribution in [-0.4, -0.2) is 12.6 Å². The molecule has 1 atom stereocenters. The average molecular weight is 205 g/mol. The highest BCUT2D eigenvalue weighted by Gasteiger charge is 2.28. The van der Waals surface area contributed by atoms with Crippen LogP contribution in [-0.2, 0) is 0 Å². The van der Waals surface area contributed by atoms with Gasteiger partial charge in [-0.1, -0.05) is 6.07 Å². The van der Waals surface area contributed by atoms with E-state index in [9.17, 15) is 0 Å². The van der Waals surface area contributed by atoms with Gasteiger partial charge in [0.25, 0.3) is 0 Å². The second kappa shape index (κ2) is 4.23. The quantitative estimate of drug-likeness (QED) is 0.819. The summed E-state index contributed by atoms with van der Waals surface area (Å²) in [4.78, 5) is 0. The zero-order chi connectivity index (χ0) is 10.8. The zero-order valence-corrected chi connectivity index (χ0v) is 9.49. The van der Waals surface area contributed by atoms with E-state index in [4.69, 9.17) is 10.5 Å². The zero-order valence-electron chi connectivity index (χ0n) is 9.49. The standard InChI is InChI=1S/C13H19NO/c1-9-3-6-12(7-10(9)2)15-8-13(14)11-4-5-11/h3,6-7,11,13H,4-5,8,14H2,1-2H3. The van der Waals surface area contributed by atoms with Gasteiger partial charge in [0.15, 0.2) is 0 Å². The van der Waals surface area contributed by atoms with Crippen LogP contribution >= 0.6 is 0 Å². The van der Waals surface area contributed by atoms with Gasteiger partial charge in [0.05, 0.1) is 0 Å². The van der Waals surface area contributed by atoms with Crippen LogP contribution in [0.1, 0.15) is 24.0 Å². The van der Waals surface area contributed by atoms with E-state index in [1.165, 1.54) is 24.0 Å². The van der Waals surface area contributed by atoms with Crippen LogP contribution in [0.4, 0.5) is 0 Å². The van der Waals surface area contributed by atoms with Crippen molar-refractivity contribution in [1.29, 1.82) is 0 Å². The van der Waals surface area contributed by atoms with Crippen LogP contribution in [0.25, 0.3) is 0 Å². The van der Waals surface area contributed by atoms with Crippen molar-refractivity contribution in [1.82, 2.24) is 0 Å². The van der Waals surface area contributed by atoms with Gasteiger partial charge in [-0.15, -0.1) is 0 Å². The van der Waals surface area contributed by atoms with E-state index in [0.717, 1.165) is 5.75 Å². The highest BCUT2D eigenvalue weighted by atomic mass is 16.5. The van der Waals surface area contributed by atoms with Gasteiger partial charge in [-0.3, -0.25) is 0 Å². The summed E-state index contributed by atoms with van der Waals surface area (Å²) in [6.45, 7) is 4.85. The normalized spacial score (nSPS) is 17.5. The Kier molecular flexibility index (Phi) is 2.96. The first-order valence-electron chi connectivity index (χ1n) is 5.62. The van der Waals surface area contributed by atoms with Gasteiger partial charge < -0.3 is 10.5 Å². The SMILES string of the molecule is Cc1ccc(OCC(N)C2CC2)cc1C. The number of rotatable bonds is 4. The molecule has 0 spiro atoms. The maximum atomic E-state index is 5.97. The topological polar surface area (TPSA) is 35.2 Å². The number of benzene rings is 1. The lowest BCUT2D eigenvalue weighted by Gasteiger charge is -2.13. The molecule has 1 aliphatic carbocycles. The lowest BCUT2D eigenvalue weighted by Crippen LogP contribution is -2.29. The van der Waals surface area contributed by atoms with Crippen molar-refractivity contribution in [2.45, 2.75) is 32.7 Å². The third kappa shape index (κ3) is 2.72. The van der Waals surface area contributed by atoms with E-state index < -0.39 is 0 Å². The molecule has 2 rings (SSSR count). The number of nitrogens with two attached hydrogens (primary N) is 1. The van der Waals surface area contributed by atoms with Crippen molar-refractivity contribution in [2.75, 3.05) is 6.61 Å². The molecule has 0 radical (unpaired) electrons. The smallest absolute Gasteiger partial charge is 0.119 e. The van der Waals surface area contributed by atoms with Crippen molar-refractivity contribution in [3.8, 4) is 5.75 Å². The van der Waals surface area contributed by atoms with Crippen LogP contribution < -0.4 is 10.5 Å². The number of ether oxygens (including phenoxy) is 1. The van der Waals surface area contributed by atoms with E-state index in [-0.39, 0.29) is 6.04 Å². The monoisotopic (exact) mass is 205 g/mol. The van der Waals surface area contributed by atoms with Crippen molar-refractivity contribution in [3.05, 3.63) is 29.3 Å². The summed E-state index contributed by atoms with van der Waals surface area (Å²) in [6.07, 6.45) is 2.55. The maximum Gasteiger partial charge on any atom is 0.119 e. The van der Waals surface area contributed by atoms with Crippen LogP contribution in [0.15, 0.2) is 18.2 Å². The molecule has 0 amide bonds. The predicted molar refractivity (Wildman–Crippen MR) is 62.1 cm³/mol. The summed E-state index contributed by atoms with van der Waals surface area (Å²) in [5.41, 5.74) is 8.54. The van der Waals surface area contributed by atoms with Gasteiger partial charge in [0, 0.05) is 6.04 Å². The highest BCUT2D eigenvalue weighted by molar-refractivity contribution is 5.33. The van der Waals surface area contributed by atoms with Gasteiger partial charge >= 0.3 is 0 Å². The molecule has 0 bridgehead atoms. The van der Waals surface area contributed by atoms with Crippen LogP contribution in [0.3, 0.4) is 0 Å². The molecular weight excluding hydrogens is 186 g/mol. The third-order valence-electron chi connectivity index (χ3n) is 3.15. The second-order valence-corrected chi connectivity index (χ2v) is 4.56. The Labute approximate surface area is 91.4 Å². The van der Waals surface area contributed by atoms with Crippen molar-refractivity contribution >= 4 is 0 Å². The van der Waals surface area contributed by atoms with Gasteiger partial charge in [-0.25, -0.2) is 0 Å². The molecule has 2 nitrogen and oxygen atoms in total. The fraction of sp³-hybridized carbons (Fsp3) is 0.538. The molecule has 0 aromatic heterocycles. The lowest BCUT2D eigenvalue weighted by molar-refractivity contribution is 0.276. The molecular formula is C13H19NO. The van der Waals surface area contributed by atoms with E-state index >= 15 is 0 Å². The largest absolute Gasteiger partial charge is 0.492 e. The number of aryl methyl sites for hydroxylation is 2. The Balaban J connectivity index is 1.89. The highest BCUT2D eigenvalue weighted by Crippen LogP contribution is 2.31. The predicted octanol–water partition coefficient (Wildman–Crippen LogP) is 2.42. The first-order chi connectivity index (χ1) is 7.16. The molecule has 0 saturated heterocycles. The van der Waals surface area contributed by atoms with Crippen LogP contribution in [0.5, 0.6) is 5.75 Å². The Morgan fingerprint density at radius 2 is 2.07 bits per heavy atom. The number of hydrogen-bond acceptors (Lipinski definition) is 2. The molecule has 1 unspecified atom stereocenters. The van der Waals surface area contributed by atoms with Crippen molar-refractivity contribution in [2.24, 2.45) is 11.7 Å². The van der Waals surface area contributed by atoms with Crippen molar-refractivity contribution < 1.29 is 4.74 Å². The summed E-state index contributed by atoms with van der Waals surface area (Å²) in [5, 5.41) is 0. The molecule has 1 aromatic carbocycles. The van der Waals surface area contributed by atoms with E-state index in [1.54, 1.807) is 0 Å². The van der Waals surface area contributed by atoms with Crippen molar-refractivity contribution in [3.63, 3.8) is 0 Å². The molecule has 0 aliphatic heterocycles. The summed E-state index contributed by atoms with van der Waals surface area (Å²) in [6, 6.07) is 6.40. The first kappa shape index (κ1) is 10.5. The fourth-order valence-electron chi connectivity index (χ4n) is 1.66. The Hall–Kier alpha value is -1.02. The summed E-state index contributed by atoms with van der Waals surface area (Å²) < 4.78 is 5.68. The molecule has 1 fully saturated rings. The van der Waals surface area contributed by atoms with Crippen LogP contribution in [0, 0.1) is 19.8 Å². The van der Waals surface area contributed by atoms with Gasteiger partial charge in [-0.05, 0) is 55.9 Å². The first-order valence-corrected chi connectivity index (χ1v) is 5.62. The Morgan fingerprint density at radius 1 is 1.33 bits per heavy atom. The Bertz CT molecular complexity index is 344. The molecule has 1 aromatic rings. The van der Waals surface area contributed by atoms with Gasteiger partial charge in [-0.2, -0.15) is 0 Å². The molecule has 82 valence electrons. The lowest BCUT2D eigenvalue weighted by atomic mass is 10.1. The third-order valence-corrected chi connectivity index (χ3v) is 3.15. The molecule has 0 heterocycles. The average Bonchev–Trinajstić information content (AvgIpc) is 3.03. The second-order valence-electron chi connectivity index (χ2n) is 4.56. The molecule has 15 heavy (non-hydrogen) atoms.